The van der Waals surface area contributed by atoms with Crippen molar-refractivity contribution in [1.29, 1.82) is 0 Å². The first-order valence-electron chi connectivity index (χ1n) is 6.99. The van der Waals surface area contributed by atoms with Crippen LogP contribution < -0.4 is 10.2 Å². The zero-order valence-electron chi connectivity index (χ0n) is 12.2. The van der Waals surface area contributed by atoms with E-state index in [4.69, 9.17) is 13.6 Å². The van der Waals surface area contributed by atoms with Gasteiger partial charge in [-0.15, -0.1) is 0 Å². The van der Waals surface area contributed by atoms with Gasteiger partial charge >= 0.3 is 0 Å². The number of fused-ring (bicyclic) bond motifs is 3. The molecule has 0 atom stereocenters. The molecule has 5 nitrogen and oxygen atoms in total. The standard InChI is InChI=1S/C18H12O5/c1-21-16-9-15-12(6-7-22-15)18-17(16)13(20)8-14(23-18)10-2-4-11(19)5-3-10/h2-9,19H,1H3. The third-order valence-electron chi connectivity index (χ3n) is 3.77. The molecule has 0 aliphatic rings. The van der Waals surface area contributed by atoms with Gasteiger partial charge < -0.3 is 18.7 Å². The van der Waals surface area contributed by atoms with Crippen LogP contribution in [-0.2, 0) is 0 Å². The number of furan rings is 1. The van der Waals surface area contributed by atoms with Crippen molar-refractivity contribution in [2.24, 2.45) is 0 Å². The maximum atomic E-state index is 12.6. The summed E-state index contributed by atoms with van der Waals surface area (Å²) in [5.74, 6) is 0.975. The Morgan fingerprint density at radius 3 is 2.61 bits per heavy atom. The van der Waals surface area contributed by atoms with E-state index in [1.165, 1.54) is 19.4 Å². The highest BCUT2D eigenvalue weighted by atomic mass is 16.5. The molecule has 2 aromatic heterocycles. The van der Waals surface area contributed by atoms with Gasteiger partial charge in [0.2, 0.25) is 0 Å². The molecule has 0 aliphatic carbocycles. The van der Waals surface area contributed by atoms with E-state index in [-0.39, 0.29) is 11.2 Å². The van der Waals surface area contributed by atoms with E-state index in [0.717, 1.165) is 0 Å². The fourth-order valence-corrected chi connectivity index (χ4v) is 2.66. The molecule has 1 N–H and O–H groups in total. The number of ether oxygens (including phenoxy) is 1. The van der Waals surface area contributed by atoms with E-state index in [9.17, 15) is 9.90 Å². The van der Waals surface area contributed by atoms with Gasteiger partial charge in [-0.05, 0) is 30.3 Å². The first-order chi connectivity index (χ1) is 11.2. The fourth-order valence-electron chi connectivity index (χ4n) is 2.66. The lowest BCUT2D eigenvalue weighted by Gasteiger charge is -2.07. The Labute approximate surface area is 130 Å². The summed E-state index contributed by atoms with van der Waals surface area (Å²) in [7, 11) is 1.50. The summed E-state index contributed by atoms with van der Waals surface area (Å²) < 4.78 is 16.6. The molecule has 0 bridgehead atoms. The van der Waals surface area contributed by atoms with Crippen molar-refractivity contribution in [3.63, 3.8) is 0 Å². The van der Waals surface area contributed by atoms with Gasteiger partial charge in [0.1, 0.15) is 28.2 Å². The lowest BCUT2D eigenvalue weighted by molar-refractivity contribution is 0.418. The van der Waals surface area contributed by atoms with Gasteiger partial charge in [0.05, 0.1) is 18.8 Å². The van der Waals surface area contributed by atoms with Gasteiger partial charge in [0, 0.05) is 17.7 Å². The number of rotatable bonds is 2. The summed E-state index contributed by atoms with van der Waals surface area (Å²) in [5, 5.41) is 10.5. The Morgan fingerprint density at radius 2 is 1.87 bits per heavy atom. The number of phenolic OH excluding ortho intramolecular Hbond substituents is 1. The third-order valence-corrected chi connectivity index (χ3v) is 3.77. The quantitative estimate of drug-likeness (QED) is 0.607. The third kappa shape index (κ3) is 2.05. The molecule has 0 aliphatic heterocycles. The van der Waals surface area contributed by atoms with E-state index >= 15 is 0 Å². The molecule has 23 heavy (non-hydrogen) atoms. The zero-order chi connectivity index (χ0) is 16.0. The highest BCUT2D eigenvalue weighted by Crippen LogP contribution is 2.34. The Bertz CT molecular complexity index is 1070. The predicted molar refractivity (Wildman–Crippen MR) is 85.9 cm³/mol. The lowest BCUT2D eigenvalue weighted by atomic mass is 10.1. The fraction of sp³-hybridized carbons (Fsp3) is 0.0556. The maximum absolute atomic E-state index is 12.6. The molecule has 4 rings (SSSR count). The van der Waals surface area contributed by atoms with Crippen molar-refractivity contribution >= 4 is 21.9 Å². The molecule has 0 radical (unpaired) electrons. The molecule has 114 valence electrons. The first-order valence-corrected chi connectivity index (χ1v) is 6.99. The van der Waals surface area contributed by atoms with E-state index in [1.54, 1.807) is 36.4 Å². The Kier molecular flexibility index (Phi) is 2.87. The van der Waals surface area contributed by atoms with Crippen LogP contribution in [0.25, 0.3) is 33.3 Å². The molecule has 2 aromatic carbocycles. The number of hydrogen-bond donors (Lipinski definition) is 1. The lowest BCUT2D eigenvalue weighted by Crippen LogP contribution is -2.03. The maximum Gasteiger partial charge on any atom is 0.197 e. The number of phenols is 1. The summed E-state index contributed by atoms with van der Waals surface area (Å²) >= 11 is 0. The van der Waals surface area contributed by atoms with Crippen LogP contribution in [0.15, 0.2) is 62.4 Å². The van der Waals surface area contributed by atoms with Crippen LogP contribution in [0.4, 0.5) is 0 Å². The normalized spacial score (nSPS) is 11.2. The second kappa shape index (κ2) is 4.91. The number of methoxy groups -OCH3 is 1. The van der Waals surface area contributed by atoms with Crippen molar-refractivity contribution in [1.82, 2.24) is 0 Å². The highest BCUT2D eigenvalue weighted by molar-refractivity contribution is 6.05. The smallest absolute Gasteiger partial charge is 0.197 e. The number of aromatic hydroxyl groups is 1. The summed E-state index contributed by atoms with van der Waals surface area (Å²) in [4.78, 5) is 12.6. The summed E-state index contributed by atoms with van der Waals surface area (Å²) in [6, 6.07) is 11.3. The van der Waals surface area contributed by atoms with E-state index in [2.05, 4.69) is 0 Å². The predicted octanol–water partition coefficient (Wildman–Crippen LogP) is 3.92. The summed E-state index contributed by atoms with van der Waals surface area (Å²) in [6.45, 7) is 0. The average molecular weight is 308 g/mol. The number of benzene rings is 2. The van der Waals surface area contributed by atoms with Gasteiger partial charge in [-0.3, -0.25) is 4.79 Å². The SMILES string of the molecule is COc1cc2occc2c2oc(-c3ccc(O)cc3)cc(=O)c12. The second-order valence-corrected chi connectivity index (χ2v) is 5.14. The molecular weight excluding hydrogens is 296 g/mol. The molecule has 2 heterocycles. The zero-order valence-corrected chi connectivity index (χ0v) is 12.2. The Balaban J connectivity index is 2.10. The van der Waals surface area contributed by atoms with Crippen LogP contribution in [0.1, 0.15) is 0 Å². The van der Waals surface area contributed by atoms with E-state index in [0.29, 0.717) is 39.0 Å². The van der Waals surface area contributed by atoms with Gasteiger partial charge in [0.15, 0.2) is 11.0 Å². The van der Waals surface area contributed by atoms with E-state index < -0.39 is 0 Å². The molecular formula is C18H12O5. The van der Waals surface area contributed by atoms with Crippen molar-refractivity contribution in [3.05, 3.63) is 59.0 Å². The van der Waals surface area contributed by atoms with Gasteiger partial charge in [0.25, 0.3) is 0 Å². The van der Waals surface area contributed by atoms with Crippen molar-refractivity contribution < 1.29 is 18.7 Å². The average Bonchev–Trinajstić information content (AvgIpc) is 3.03. The summed E-state index contributed by atoms with van der Waals surface area (Å²) in [6.07, 6.45) is 1.54. The first kappa shape index (κ1) is 13.5. The minimum Gasteiger partial charge on any atom is -0.508 e. The Morgan fingerprint density at radius 1 is 1.09 bits per heavy atom. The van der Waals surface area contributed by atoms with Gasteiger partial charge in [-0.1, -0.05) is 0 Å². The van der Waals surface area contributed by atoms with Crippen molar-refractivity contribution in [2.75, 3.05) is 7.11 Å². The van der Waals surface area contributed by atoms with Gasteiger partial charge in [-0.2, -0.15) is 0 Å². The van der Waals surface area contributed by atoms with E-state index in [1.807, 2.05) is 0 Å². The van der Waals surface area contributed by atoms with Crippen LogP contribution in [0.2, 0.25) is 0 Å². The topological polar surface area (TPSA) is 72.8 Å². The van der Waals surface area contributed by atoms with Crippen LogP contribution in [0, 0.1) is 0 Å². The monoisotopic (exact) mass is 308 g/mol. The van der Waals surface area contributed by atoms with Gasteiger partial charge in [-0.25, -0.2) is 0 Å². The molecule has 5 heteroatoms. The van der Waals surface area contributed by atoms with Crippen molar-refractivity contribution in [3.8, 4) is 22.8 Å². The highest BCUT2D eigenvalue weighted by Gasteiger charge is 2.16. The molecule has 0 unspecified atom stereocenters. The Hall–Kier alpha value is -3.21. The summed E-state index contributed by atoms with van der Waals surface area (Å²) in [5.41, 5.74) is 1.50. The second-order valence-electron chi connectivity index (χ2n) is 5.14. The molecule has 0 fully saturated rings. The molecule has 0 amide bonds. The molecule has 0 saturated heterocycles. The molecule has 4 aromatic rings. The minimum atomic E-state index is -0.200. The number of hydrogen-bond acceptors (Lipinski definition) is 5. The molecule has 0 saturated carbocycles. The van der Waals surface area contributed by atoms with Crippen molar-refractivity contribution in [2.45, 2.75) is 0 Å². The van der Waals surface area contributed by atoms with Crippen LogP contribution >= 0.6 is 0 Å². The van der Waals surface area contributed by atoms with Crippen LogP contribution in [-0.4, -0.2) is 12.2 Å². The van der Waals surface area contributed by atoms with Crippen LogP contribution in [0.5, 0.6) is 11.5 Å². The molecule has 0 spiro atoms. The minimum absolute atomic E-state index is 0.149. The van der Waals surface area contributed by atoms with Crippen LogP contribution in [0.3, 0.4) is 0 Å². The largest absolute Gasteiger partial charge is 0.508 e.